The Kier molecular flexibility index (Phi) is 6.66. The van der Waals surface area contributed by atoms with Crippen LogP contribution in [0.2, 0.25) is 5.02 Å². The highest BCUT2D eigenvalue weighted by atomic mass is 35.5. The minimum absolute atomic E-state index is 0.0329. The molecule has 1 aliphatic heterocycles. The van der Waals surface area contributed by atoms with E-state index in [2.05, 4.69) is 5.10 Å². The number of nitrogens with zero attached hydrogens (tertiary/aromatic N) is 4. The molecule has 7 nitrogen and oxygen atoms in total. The minimum atomic E-state index is -0.381. The molecule has 3 aromatic rings. The number of anilines is 1. The number of hydrogen-bond acceptors (Lipinski definition) is 5. The average Bonchev–Trinajstić information content (AvgIpc) is 2.85. The first-order chi connectivity index (χ1) is 15.5. The molecule has 2 heterocycles. The van der Waals surface area contributed by atoms with Gasteiger partial charge in [0.2, 0.25) is 5.91 Å². The van der Waals surface area contributed by atoms with E-state index >= 15 is 0 Å². The molecule has 1 fully saturated rings. The molecule has 32 heavy (non-hydrogen) atoms. The van der Waals surface area contributed by atoms with Gasteiger partial charge in [-0.1, -0.05) is 60.1 Å². The predicted molar refractivity (Wildman–Crippen MR) is 124 cm³/mol. The summed E-state index contributed by atoms with van der Waals surface area (Å²) in [6, 6.07) is 18.1. The zero-order chi connectivity index (χ0) is 22.5. The van der Waals surface area contributed by atoms with Crippen LogP contribution in [-0.4, -0.2) is 52.5 Å². The van der Waals surface area contributed by atoms with Crippen molar-refractivity contribution in [3.8, 4) is 5.69 Å². The summed E-state index contributed by atoms with van der Waals surface area (Å²) in [6.07, 6.45) is 1.96. The summed E-state index contributed by atoms with van der Waals surface area (Å²) >= 11 is 6.39. The highest BCUT2D eigenvalue weighted by Crippen LogP contribution is 2.23. The monoisotopic (exact) mass is 450 g/mol. The largest absolute Gasteiger partial charge is 0.365 e. The molecule has 164 valence electrons. The number of ketones is 1. The van der Waals surface area contributed by atoms with Gasteiger partial charge in [-0.3, -0.25) is 14.4 Å². The molecule has 2 aromatic carbocycles. The first kappa shape index (κ1) is 21.8. The lowest BCUT2D eigenvalue weighted by Crippen LogP contribution is -2.49. The molecule has 0 bridgehead atoms. The second kappa shape index (κ2) is 9.78. The van der Waals surface area contributed by atoms with Crippen LogP contribution in [0.4, 0.5) is 5.69 Å². The van der Waals surface area contributed by atoms with Crippen molar-refractivity contribution >= 4 is 29.0 Å². The molecule has 0 atom stereocenters. The van der Waals surface area contributed by atoms with Crippen LogP contribution >= 0.6 is 11.6 Å². The van der Waals surface area contributed by atoms with Gasteiger partial charge in [0, 0.05) is 44.6 Å². The zero-order valence-electron chi connectivity index (χ0n) is 17.5. The van der Waals surface area contributed by atoms with Crippen molar-refractivity contribution in [1.29, 1.82) is 0 Å². The molecule has 0 unspecified atom stereocenters. The number of piperazine rings is 1. The molecule has 8 heteroatoms. The average molecular weight is 451 g/mol. The molecule has 0 saturated carbocycles. The Morgan fingerprint density at radius 1 is 0.875 bits per heavy atom. The maximum Gasteiger partial charge on any atom is 0.292 e. The van der Waals surface area contributed by atoms with Gasteiger partial charge in [-0.2, -0.15) is 9.78 Å². The van der Waals surface area contributed by atoms with Crippen molar-refractivity contribution in [2.45, 2.75) is 12.8 Å². The fourth-order valence-electron chi connectivity index (χ4n) is 3.74. The second-order valence-corrected chi connectivity index (χ2v) is 7.93. The number of carbonyl (C=O) groups excluding carboxylic acids is 2. The molecule has 1 aliphatic rings. The topological polar surface area (TPSA) is 75.5 Å². The first-order valence-corrected chi connectivity index (χ1v) is 10.9. The molecule has 0 N–H and O–H groups in total. The van der Waals surface area contributed by atoms with E-state index in [0.29, 0.717) is 43.1 Å². The maximum absolute atomic E-state index is 12.7. The third-order valence-corrected chi connectivity index (χ3v) is 5.89. The first-order valence-electron chi connectivity index (χ1n) is 10.5. The van der Waals surface area contributed by atoms with Gasteiger partial charge in [0.05, 0.1) is 17.6 Å². The van der Waals surface area contributed by atoms with Crippen molar-refractivity contribution in [2.75, 3.05) is 31.1 Å². The van der Waals surface area contributed by atoms with Crippen LogP contribution in [0.1, 0.15) is 23.2 Å². The van der Waals surface area contributed by atoms with Gasteiger partial charge in [0.1, 0.15) is 5.02 Å². The Morgan fingerprint density at radius 3 is 2.16 bits per heavy atom. The van der Waals surface area contributed by atoms with Gasteiger partial charge >= 0.3 is 0 Å². The molecule has 0 spiro atoms. The maximum atomic E-state index is 12.7. The van der Waals surface area contributed by atoms with E-state index in [1.54, 1.807) is 35.4 Å². The standard InChI is InChI=1S/C24H23ClN4O3/c25-23-20(17-26-29(24(23)32)19-9-5-2-6-10-19)27-13-15-28(16-14-27)22(31)12-11-21(30)18-7-3-1-4-8-18/h1-10,17H,11-16H2. The number of hydrogen-bond donors (Lipinski definition) is 0. The fourth-order valence-corrected chi connectivity index (χ4v) is 3.99. The van der Waals surface area contributed by atoms with E-state index in [1.807, 2.05) is 41.3 Å². The summed E-state index contributed by atoms with van der Waals surface area (Å²) < 4.78 is 1.27. The number of rotatable bonds is 6. The van der Waals surface area contributed by atoms with Gasteiger partial charge < -0.3 is 9.80 Å². The molecule has 1 amide bonds. The molecular formula is C24H23ClN4O3. The zero-order valence-corrected chi connectivity index (χ0v) is 18.2. The Morgan fingerprint density at radius 2 is 1.50 bits per heavy atom. The lowest BCUT2D eigenvalue weighted by Gasteiger charge is -2.36. The van der Waals surface area contributed by atoms with E-state index in [1.165, 1.54) is 4.68 Å². The number of Topliss-reactive ketones (excluding diaryl/α,β-unsaturated/α-hetero) is 1. The molecule has 1 saturated heterocycles. The molecular weight excluding hydrogens is 428 g/mol. The summed E-state index contributed by atoms with van der Waals surface area (Å²) in [4.78, 5) is 41.2. The Labute approximate surface area is 190 Å². The minimum Gasteiger partial charge on any atom is -0.365 e. The van der Waals surface area contributed by atoms with Crippen LogP contribution in [0.25, 0.3) is 5.69 Å². The van der Waals surface area contributed by atoms with Crippen molar-refractivity contribution in [2.24, 2.45) is 0 Å². The lowest BCUT2D eigenvalue weighted by molar-refractivity contribution is -0.131. The Balaban J connectivity index is 1.35. The number of benzene rings is 2. The summed E-state index contributed by atoms with van der Waals surface area (Å²) in [5, 5.41) is 4.38. The number of amides is 1. The van der Waals surface area contributed by atoms with Crippen LogP contribution in [0.15, 0.2) is 71.7 Å². The summed E-state index contributed by atoms with van der Waals surface area (Å²) in [5.41, 5.74) is 1.45. The van der Waals surface area contributed by atoms with Crippen LogP contribution in [0.3, 0.4) is 0 Å². The Bertz CT molecular complexity index is 1160. The van der Waals surface area contributed by atoms with E-state index in [4.69, 9.17) is 11.6 Å². The van der Waals surface area contributed by atoms with Crippen molar-refractivity contribution in [3.05, 3.63) is 87.8 Å². The SMILES string of the molecule is O=C(CCC(=O)N1CCN(c2cnn(-c3ccccc3)c(=O)c2Cl)CC1)c1ccccc1. The predicted octanol–water partition coefficient (Wildman–Crippen LogP) is 3.20. The van der Waals surface area contributed by atoms with Crippen LogP contribution in [0.5, 0.6) is 0 Å². The van der Waals surface area contributed by atoms with E-state index in [-0.39, 0.29) is 35.1 Å². The van der Waals surface area contributed by atoms with Gasteiger partial charge in [0.15, 0.2) is 5.78 Å². The molecule has 0 radical (unpaired) electrons. The van der Waals surface area contributed by atoms with Crippen LogP contribution in [0, 0.1) is 0 Å². The highest BCUT2D eigenvalue weighted by molar-refractivity contribution is 6.33. The lowest BCUT2D eigenvalue weighted by atomic mass is 10.1. The van der Waals surface area contributed by atoms with Crippen molar-refractivity contribution < 1.29 is 9.59 Å². The number of carbonyl (C=O) groups is 2. The van der Waals surface area contributed by atoms with E-state index < -0.39 is 0 Å². The van der Waals surface area contributed by atoms with Gasteiger partial charge in [-0.05, 0) is 12.1 Å². The number of halogens is 1. The Hall–Kier alpha value is -3.45. The third kappa shape index (κ3) is 4.73. The van der Waals surface area contributed by atoms with Crippen LogP contribution in [-0.2, 0) is 4.79 Å². The summed E-state index contributed by atoms with van der Waals surface area (Å²) in [6.45, 7) is 2.07. The number of para-hydroxylation sites is 1. The van der Waals surface area contributed by atoms with Gasteiger partial charge in [-0.15, -0.1) is 0 Å². The van der Waals surface area contributed by atoms with E-state index in [0.717, 1.165) is 0 Å². The summed E-state index contributed by atoms with van der Waals surface area (Å²) in [7, 11) is 0. The fraction of sp³-hybridized carbons (Fsp3) is 0.250. The smallest absolute Gasteiger partial charge is 0.292 e. The number of aromatic nitrogens is 2. The molecule has 0 aliphatic carbocycles. The van der Waals surface area contributed by atoms with Crippen molar-refractivity contribution in [3.63, 3.8) is 0 Å². The molecule has 1 aromatic heterocycles. The van der Waals surface area contributed by atoms with Crippen molar-refractivity contribution in [1.82, 2.24) is 14.7 Å². The summed E-state index contributed by atoms with van der Waals surface area (Å²) in [5.74, 6) is -0.0768. The van der Waals surface area contributed by atoms with E-state index in [9.17, 15) is 14.4 Å². The second-order valence-electron chi connectivity index (χ2n) is 7.55. The third-order valence-electron chi connectivity index (χ3n) is 5.54. The molecule has 4 rings (SSSR count). The van der Waals surface area contributed by atoms with Crippen LogP contribution < -0.4 is 10.5 Å². The highest BCUT2D eigenvalue weighted by Gasteiger charge is 2.24. The normalized spacial score (nSPS) is 13.8. The quantitative estimate of drug-likeness (QED) is 0.539. The van der Waals surface area contributed by atoms with Gasteiger partial charge in [0.25, 0.3) is 5.56 Å². The van der Waals surface area contributed by atoms with Gasteiger partial charge in [-0.25, -0.2) is 0 Å².